The van der Waals surface area contributed by atoms with Crippen molar-refractivity contribution in [1.29, 1.82) is 0 Å². The van der Waals surface area contributed by atoms with Gasteiger partial charge in [-0.1, -0.05) is 42.7 Å². The minimum absolute atomic E-state index is 0.0301. The second-order valence-electron chi connectivity index (χ2n) is 11.4. The molecule has 7 rings (SSSR count). The van der Waals surface area contributed by atoms with Crippen LogP contribution in [-0.4, -0.2) is 48.5 Å². The highest BCUT2D eigenvalue weighted by Gasteiger charge is 2.22. The lowest BCUT2D eigenvalue weighted by molar-refractivity contribution is 0.412. The van der Waals surface area contributed by atoms with Gasteiger partial charge in [0.05, 0.1) is 38.7 Å². The molecule has 0 N–H and O–H groups in total. The molecule has 11 nitrogen and oxygen atoms in total. The van der Waals surface area contributed by atoms with Gasteiger partial charge in [0.2, 0.25) is 5.82 Å². The molecule has 0 aliphatic heterocycles. The fourth-order valence-electron chi connectivity index (χ4n) is 5.40. The molecule has 0 spiro atoms. The van der Waals surface area contributed by atoms with Crippen LogP contribution in [0.1, 0.15) is 52.6 Å². The van der Waals surface area contributed by atoms with Crippen molar-refractivity contribution in [2.45, 2.75) is 38.3 Å². The predicted octanol–water partition coefficient (Wildman–Crippen LogP) is 4.89. The Morgan fingerprint density at radius 2 is 1.60 bits per heavy atom. The van der Waals surface area contributed by atoms with E-state index in [4.69, 9.17) is 14.5 Å². The summed E-state index contributed by atoms with van der Waals surface area (Å²) in [5.74, 6) is 8.43. The molecule has 48 heavy (non-hydrogen) atoms. The van der Waals surface area contributed by atoms with Crippen LogP contribution in [0.5, 0.6) is 11.5 Å². The first kappa shape index (κ1) is 30.8. The third kappa shape index (κ3) is 6.54. The number of hydrogen-bond acceptors (Lipinski definition) is 9. The van der Waals surface area contributed by atoms with Crippen molar-refractivity contribution in [3.05, 3.63) is 133 Å². The van der Waals surface area contributed by atoms with E-state index >= 15 is 0 Å². The van der Waals surface area contributed by atoms with Crippen LogP contribution >= 0.6 is 11.3 Å². The summed E-state index contributed by atoms with van der Waals surface area (Å²) in [6, 6.07) is 22.0. The number of benzene rings is 3. The first-order chi connectivity index (χ1) is 23.5. The van der Waals surface area contributed by atoms with Crippen molar-refractivity contribution in [1.82, 2.24) is 34.3 Å². The molecule has 3 aromatic carbocycles. The molecular formula is C36H31N7O4S. The fraction of sp³-hybridized carbons (Fsp3) is 0.222. The fourth-order valence-corrected chi connectivity index (χ4v) is 6.15. The summed E-state index contributed by atoms with van der Waals surface area (Å²) in [6.45, 7) is 0.362. The maximum atomic E-state index is 14.0. The lowest BCUT2D eigenvalue weighted by Gasteiger charge is -2.22. The lowest BCUT2D eigenvalue weighted by atomic mass is 9.83. The first-order valence-corrected chi connectivity index (χ1v) is 16.3. The van der Waals surface area contributed by atoms with Crippen molar-refractivity contribution in [2.75, 3.05) is 14.2 Å². The quantitative estimate of drug-likeness (QED) is 0.202. The minimum Gasteiger partial charge on any atom is -0.497 e. The topological polar surface area (TPSA) is 119 Å². The highest BCUT2D eigenvalue weighted by molar-refractivity contribution is 7.10. The van der Waals surface area contributed by atoms with Gasteiger partial charge in [-0.25, -0.2) is 9.78 Å². The Hall–Kier alpha value is -5.80. The highest BCUT2D eigenvalue weighted by atomic mass is 32.1. The van der Waals surface area contributed by atoms with Crippen molar-refractivity contribution in [3.63, 3.8) is 0 Å². The molecule has 1 aliphatic rings. The number of thiazole rings is 1. The molecule has 0 saturated heterocycles. The van der Waals surface area contributed by atoms with Gasteiger partial charge in [0.1, 0.15) is 17.1 Å². The van der Waals surface area contributed by atoms with Crippen LogP contribution in [0, 0.1) is 11.8 Å². The zero-order chi connectivity index (χ0) is 33.0. The van der Waals surface area contributed by atoms with Gasteiger partial charge in [-0.15, -0.1) is 21.5 Å². The predicted molar refractivity (Wildman–Crippen MR) is 182 cm³/mol. The monoisotopic (exact) mass is 657 g/mol. The number of methoxy groups -OCH3 is 2. The van der Waals surface area contributed by atoms with Crippen LogP contribution in [0.25, 0.3) is 17.1 Å². The average molecular weight is 658 g/mol. The Balaban J connectivity index is 1.25. The largest absolute Gasteiger partial charge is 0.497 e. The van der Waals surface area contributed by atoms with Crippen molar-refractivity contribution < 1.29 is 9.47 Å². The number of aromatic nitrogens is 7. The molecule has 0 radical (unpaired) electrons. The molecule has 6 aromatic rings. The summed E-state index contributed by atoms with van der Waals surface area (Å²) < 4.78 is 13.1. The van der Waals surface area contributed by atoms with Gasteiger partial charge in [0, 0.05) is 23.1 Å². The van der Waals surface area contributed by atoms with E-state index in [1.54, 1.807) is 43.8 Å². The van der Waals surface area contributed by atoms with Crippen LogP contribution in [0.15, 0.2) is 94.0 Å². The van der Waals surface area contributed by atoms with Crippen LogP contribution in [-0.2, 0) is 13.1 Å². The second kappa shape index (κ2) is 13.5. The van der Waals surface area contributed by atoms with E-state index in [-0.39, 0.29) is 17.9 Å². The Bertz CT molecular complexity index is 2250. The third-order valence-electron chi connectivity index (χ3n) is 8.33. The Morgan fingerprint density at radius 3 is 2.27 bits per heavy atom. The molecule has 0 bridgehead atoms. The SMILES string of the molecule is COc1ccc(Cn2nnc(-c3cn(-c4cccc(C#Cc5nc(C6CCC6)cs5)c4)c(=O)n(Cc4ccc(OC)cc4)c3=O)n2)cc1. The van der Waals surface area contributed by atoms with E-state index in [2.05, 4.69) is 32.6 Å². The van der Waals surface area contributed by atoms with Gasteiger partial charge in [0.15, 0.2) is 5.01 Å². The molecular weight excluding hydrogens is 627 g/mol. The van der Waals surface area contributed by atoms with Gasteiger partial charge in [-0.2, -0.15) is 4.80 Å². The molecule has 3 aromatic heterocycles. The number of tetrazole rings is 1. The molecule has 3 heterocycles. The zero-order valence-corrected chi connectivity index (χ0v) is 27.2. The molecule has 1 fully saturated rings. The van der Waals surface area contributed by atoms with Crippen LogP contribution in [0.2, 0.25) is 0 Å². The average Bonchev–Trinajstić information content (AvgIpc) is 3.75. The van der Waals surface area contributed by atoms with Crippen molar-refractivity contribution >= 4 is 11.3 Å². The number of ether oxygens (including phenoxy) is 2. The molecule has 0 unspecified atom stereocenters. The van der Waals surface area contributed by atoms with Crippen LogP contribution in [0.4, 0.5) is 0 Å². The van der Waals surface area contributed by atoms with E-state index in [1.165, 1.54) is 39.4 Å². The smallest absolute Gasteiger partial charge is 0.335 e. The second-order valence-corrected chi connectivity index (χ2v) is 12.3. The summed E-state index contributed by atoms with van der Waals surface area (Å²) in [4.78, 5) is 34.0. The van der Waals surface area contributed by atoms with Crippen molar-refractivity contribution in [3.8, 4) is 40.4 Å². The normalized spacial score (nSPS) is 12.6. The number of hydrogen-bond donors (Lipinski definition) is 0. The van der Waals surface area contributed by atoms with Gasteiger partial charge in [-0.05, 0) is 77.6 Å². The summed E-state index contributed by atoms with van der Waals surface area (Å²) in [5.41, 5.74) is 3.13. The maximum Gasteiger partial charge on any atom is 0.335 e. The molecule has 12 heteroatoms. The molecule has 240 valence electrons. The molecule has 0 amide bonds. The highest BCUT2D eigenvalue weighted by Crippen LogP contribution is 2.36. The van der Waals surface area contributed by atoms with Gasteiger partial charge >= 0.3 is 5.69 Å². The van der Waals surface area contributed by atoms with Crippen LogP contribution in [0.3, 0.4) is 0 Å². The maximum absolute atomic E-state index is 14.0. The van der Waals surface area contributed by atoms with Crippen molar-refractivity contribution in [2.24, 2.45) is 0 Å². The van der Waals surface area contributed by atoms with E-state index < -0.39 is 11.2 Å². The summed E-state index contributed by atoms with van der Waals surface area (Å²) in [7, 11) is 3.19. The number of rotatable bonds is 9. The molecule has 1 saturated carbocycles. The van der Waals surface area contributed by atoms with E-state index in [9.17, 15) is 9.59 Å². The Labute approximate surface area is 280 Å². The Morgan fingerprint density at radius 1 is 0.896 bits per heavy atom. The first-order valence-electron chi connectivity index (χ1n) is 15.5. The van der Waals surface area contributed by atoms with E-state index in [0.717, 1.165) is 27.6 Å². The minimum atomic E-state index is -0.530. The zero-order valence-electron chi connectivity index (χ0n) is 26.4. The summed E-state index contributed by atoms with van der Waals surface area (Å²) >= 11 is 1.55. The van der Waals surface area contributed by atoms with E-state index in [0.29, 0.717) is 29.5 Å². The number of nitrogens with zero attached hydrogens (tertiary/aromatic N) is 7. The molecule has 1 aliphatic carbocycles. The van der Waals surface area contributed by atoms with E-state index in [1.807, 2.05) is 54.6 Å². The third-order valence-corrected chi connectivity index (χ3v) is 9.11. The lowest BCUT2D eigenvalue weighted by Crippen LogP contribution is -2.40. The van der Waals surface area contributed by atoms with Crippen LogP contribution < -0.4 is 20.7 Å². The summed E-state index contributed by atoms with van der Waals surface area (Å²) in [6.07, 6.45) is 5.10. The standard InChI is InChI=1S/C36H31N7O4S/c1-46-29-14-9-25(10-15-29)20-42-35(44)31(34-38-40-43(39-34)21-26-11-16-30(47-2)17-12-26)22-41(36(42)45)28-8-3-5-24(19-28)13-18-33-37-32(23-48-33)27-6-4-7-27/h3,5,8-12,14-17,19,22-23,27H,4,6-7,20-21H2,1-2H3. The summed E-state index contributed by atoms with van der Waals surface area (Å²) in [5, 5.41) is 15.8. The van der Waals surface area contributed by atoms with Gasteiger partial charge in [0.25, 0.3) is 5.56 Å². The van der Waals surface area contributed by atoms with Gasteiger partial charge in [-0.3, -0.25) is 13.9 Å². The Kier molecular flexibility index (Phi) is 8.68. The molecule has 0 atom stereocenters. The van der Waals surface area contributed by atoms with Gasteiger partial charge < -0.3 is 9.47 Å².